The van der Waals surface area contributed by atoms with Crippen molar-refractivity contribution in [2.24, 2.45) is 0 Å². The van der Waals surface area contributed by atoms with Crippen LogP contribution in [0.5, 0.6) is 0 Å². The predicted molar refractivity (Wildman–Crippen MR) is 353 cm³/mol. The van der Waals surface area contributed by atoms with Crippen LogP contribution in [0.25, 0.3) is 27.5 Å². The molecule has 13 rings (SSSR count). The molecule has 0 amide bonds. The van der Waals surface area contributed by atoms with Gasteiger partial charge in [0, 0.05) is 44.9 Å². The Labute approximate surface area is 482 Å². The minimum atomic E-state index is -3.09. The van der Waals surface area contributed by atoms with Crippen molar-refractivity contribution < 1.29 is 0 Å². The minimum absolute atomic E-state index is 0.00629. The van der Waals surface area contributed by atoms with Crippen molar-refractivity contribution >= 4 is 108 Å². The van der Waals surface area contributed by atoms with Crippen molar-refractivity contribution in [2.45, 2.75) is 105 Å². The molecule has 0 aliphatic carbocycles. The highest BCUT2D eigenvalue weighted by Gasteiger charge is 2.47. The van der Waals surface area contributed by atoms with Crippen molar-refractivity contribution in [2.75, 3.05) is 9.80 Å². The van der Waals surface area contributed by atoms with Crippen LogP contribution in [0, 0.1) is 0 Å². The molecule has 3 nitrogen and oxygen atoms in total. The maximum absolute atomic E-state index is 3.09. The van der Waals surface area contributed by atoms with Gasteiger partial charge in [-0.2, -0.15) is 0 Å². The van der Waals surface area contributed by atoms with Crippen molar-refractivity contribution in [1.82, 2.24) is 4.57 Å². The molecule has 1 aromatic heterocycles. The molecule has 400 valence electrons. The number of para-hydroxylation sites is 2. The molecule has 10 aromatic carbocycles. The third-order valence-corrected chi connectivity index (χ3v) is 22.6. The van der Waals surface area contributed by atoms with Crippen molar-refractivity contribution in [3.05, 3.63) is 253 Å². The summed E-state index contributed by atoms with van der Waals surface area (Å²) in [5, 5.41) is 7.89. The zero-order valence-corrected chi connectivity index (χ0v) is 50.4. The van der Waals surface area contributed by atoms with E-state index in [-0.39, 0.29) is 28.4 Å². The average Bonchev–Trinajstić information content (AvgIpc) is 4.07. The Balaban J connectivity index is 1.21. The summed E-state index contributed by atoms with van der Waals surface area (Å²) in [5.41, 5.74) is 19.8. The van der Waals surface area contributed by atoms with Gasteiger partial charge in [0.2, 0.25) is 0 Å². The summed E-state index contributed by atoms with van der Waals surface area (Å²) in [6.45, 7) is 27.9. The Kier molecular flexibility index (Phi) is 12.3. The molecule has 0 fully saturated rings. The molecule has 5 heteroatoms. The summed E-state index contributed by atoms with van der Waals surface area (Å²) in [5.74, 6) is 0. The zero-order chi connectivity index (χ0) is 56.4. The lowest BCUT2D eigenvalue weighted by molar-refractivity contribution is 0.590. The Bertz CT molecular complexity index is 3940. The number of aromatic nitrogens is 1. The molecule has 0 atom stereocenters. The average molecular weight is 1070 g/mol. The second-order valence-electron chi connectivity index (χ2n) is 27.0. The quantitative estimate of drug-likeness (QED) is 0.116. The summed E-state index contributed by atoms with van der Waals surface area (Å²) >= 11 is 0. The number of anilines is 6. The first-order chi connectivity index (χ1) is 38.7. The maximum Gasteiger partial charge on any atom is 0.252 e. The highest BCUT2D eigenvalue weighted by molar-refractivity contribution is 7.20. The first-order valence-electron chi connectivity index (χ1n) is 29.2. The highest BCUT2D eigenvalue weighted by atomic mass is 28.3. The second kappa shape index (κ2) is 19.0. The molecule has 2 aliphatic heterocycles. The minimum Gasteiger partial charge on any atom is -0.311 e. The van der Waals surface area contributed by atoms with Gasteiger partial charge in [-0.15, -0.1) is 0 Å². The Morgan fingerprint density at radius 2 is 0.704 bits per heavy atom. The van der Waals surface area contributed by atoms with Crippen LogP contribution < -0.4 is 46.9 Å². The van der Waals surface area contributed by atoms with Gasteiger partial charge in [-0.1, -0.05) is 259 Å². The number of hydrogen-bond donors (Lipinski definition) is 0. The van der Waals surface area contributed by atoms with Crippen LogP contribution in [0.2, 0.25) is 0 Å². The first kappa shape index (κ1) is 52.3. The maximum atomic E-state index is 2.65. The molecule has 0 N–H and O–H groups in total. The first-order valence-corrected chi connectivity index (χ1v) is 31.2. The summed E-state index contributed by atoms with van der Waals surface area (Å²) < 4.78 is 2.65. The molecule has 11 aromatic rings. The van der Waals surface area contributed by atoms with Gasteiger partial charge in [0.25, 0.3) is 6.71 Å². The molecule has 0 radical (unpaired) electrons. The van der Waals surface area contributed by atoms with E-state index in [0.717, 1.165) is 17.1 Å². The van der Waals surface area contributed by atoms with Crippen LogP contribution in [0.3, 0.4) is 0 Å². The number of hydrogen-bond acceptors (Lipinski definition) is 2. The molecular weight excluding hydrogens is 994 g/mol. The van der Waals surface area contributed by atoms with Crippen LogP contribution in [-0.4, -0.2) is 19.4 Å². The summed E-state index contributed by atoms with van der Waals surface area (Å²) in [7, 11) is -3.09. The van der Waals surface area contributed by atoms with Crippen LogP contribution in [0.4, 0.5) is 34.1 Å². The molecule has 0 saturated heterocycles. The lowest BCUT2D eigenvalue weighted by Crippen LogP contribution is -2.75. The van der Waals surface area contributed by atoms with Crippen LogP contribution in [0.1, 0.15) is 105 Å². The fourth-order valence-electron chi connectivity index (χ4n) is 13.5. The van der Waals surface area contributed by atoms with Gasteiger partial charge in [0.15, 0.2) is 8.07 Å². The third kappa shape index (κ3) is 8.53. The van der Waals surface area contributed by atoms with E-state index in [9.17, 15) is 0 Å². The topological polar surface area (TPSA) is 11.4 Å². The number of benzene rings is 10. The molecular formula is C76H74BN3Si. The largest absolute Gasteiger partial charge is 0.311 e. The van der Waals surface area contributed by atoms with Crippen molar-refractivity contribution in [1.29, 1.82) is 0 Å². The van der Waals surface area contributed by atoms with E-state index in [1.54, 1.807) is 0 Å². The van der Waals surface area contributed by atoms with E-state index in [4.69, 9.17) is 0 Å². The van der Waals surface area contributed by atoms with Gasteiger partial charge in [-0.25, -0.2) is 0 Å². The lowest BCUT2D eigenvalue weighted by Gasteiger charge is -2.45. The van der Waals surface area contributed by atoms with Gasteiger partial charge in [0.05, 0.1) is 16.7 Å². The molecule has 0 bridgehead atoms. The Morgan fingerprint density at radius 3 is 1.12 bits per heavy atom. The molecule has 0 spiro atoms. The molecule has 81 heavy (non-hydrogen) atoms. The normalized spacial score (nSPS) is 13.6. The van der Waals surface area contributed by atoms with Crippen LogP contribution >= 0.6 is 0 Å². The van der Waals surface area contributed by atoms with Gasteiger partial charge in [-0.05, 0) is 136 Å². The number of rotatable bonds is 7. The van der Waals surface area contributed by atoms with Gasteiger partial charge in [-0.3, -0.25) is 0 Å². The Hall–Kier alpha value is -8.12. The number of fused-ring (bicyclic) bond motifs is 7. The standard InChI is InChI=1S/C76H74BN3Si/c1-73(2,3)51-35-41-55(42-36-51)78-66-45-39-53(75(7,8)9)47-63(66)77-64-48-54(76(10,11)12)40-46-67(64)79(56-43-37-52(38-44-56)74(4,5)6)69-50-57(49-68(78)71(69)77)80-65-33-23-22-31-61(65)62-32-24-34-70(72(62)80)81(58-25-16-13-17-26-58,59-27-18-14-19-28-59)60-29-20-15-21-30-60/h13-50H,1-12H3. The fraction of sp³-hybridized carbons (Fsp3) is 0.211. The number of nitrogens with zero attached hydrogens (tertiary/aromatic N) is 3. The third-order valence-electron chi connectivity index (χ3n) is 17.7. The van der Waals surface area contributed by atoms with Crippen LogP contribution in [-0.2, 0) is 21.7 Å². The van der Waals surface area contributed by atoms with Gasteiger partial charge >= 0.3 is 0 Å². The van der Waals surface area contributed by atoms with E-state index < -0.39 is 8.07 Å². The van der Waals surface area contributed by atoms with Crippen LogP contribution in [0.15, 0.2) is 231 Å². The predicted octanol–water partition coefficient (Wildman–Crippen LogP) is 15.4. The summed E-state index contributed by atoms with van der Waals surface area (Å²) in [4.78, 5) is 5.22. The lowest BCUT2D eigenvalue weighted by atomic mass is 9.33. The SMILES string of the molecule is CC(C)(C)c1ccc(N2c3ccc(C(C)(C)C)cc3B3c4cc(C(C)(C)C)ccc4N(c4ccc(C(C)(C)C)cc4)c4cc(-n5c6ccccc6c6cccc([Si](c7ccccc7)(c7ccccc7)c7ccccc7)c65)cc2c43)cc1. The smallest absolute Gasteiger partial charge is 0.252 e. The molecule has 0 unspecified atom stereocenters. The zero-order valence-electron chi connectivity index (χ0n) is 49.4. The van der Waals surface area contributed by atoms with Crippen molar-refractivity contribution in [3.63, 3.8) is 0 Å². The van der Waals surface area contributed by atoms with E-state index in [1.807, 2.05) is 0 Å². The van der Waals surface area contributed by atoms with Gasteiger partial charge < -0.3 is 14.4 Å². The molecule has 3 heterocycles. The van der Waals surface area contributed by atoms with E-state index >= 15 is 0 Å². The summed E-state index contributed by atoms with van der Waals surface area (Å²) in [6, 6.07) is 89.3. The highest BCUT2D eigenvalue weighted by Crippen LogP contribution is 2.48. The van der Waals surface area contributed by atoms with Gasteiger partial charge in [0.1, 0.15) is 0 Å². The monoisotopic (exact) mass is 1070 g/mol. The van der Waals surface area contributed by atoms with Crippen molar-refractivity contribution in [3.8, 4) is 5.69 Å². The molecule has 0 saturated carbocycles. The Morgan fingerprint density at radius 1 is 0.321 bits per heavy atom. The second-order valence-corrected chi connectivity index (χ2v) is 30.8. The molecule has 2 aliphatic rings. The summed E-state index contributed by atoms with van der Waals surface area (Å²) in [6.07, 6.45) is 0. The van der Waals surface area contributed by atoms with E-state index in [0.29, 0.717) is 0 Å². The van der Waals surface area contributed by atoms with E-state index in [1.165, 1.54) is 104 Å². The van der Waals surface area contributed by atoms with E-state index in [2.05, 4.69) is 328 Å². The fourth-order valence-corrected chi connectivity index (χ4v) is 18.4.